The third kappa shape index (κ3) is 2.02. The van der Waals surface area contributed by atoms with Gasteiger partial charge >= 0.3 is 0 Å². The van der Waals surface area contributed by atoms with E-state index in [2.05, 4.69) is 74.5 Å². The van der Waals surface area contributed by atoms with Crippen LogP contribution in [0.15, 0.2) is 60.7 Å². The molecule has 0 aliphatic rings. The van der Waals surface area contributed by atoms with Crippen LogP contribution < -0.4 is 0 Å². The van der Waals surface area contributed by atoms with Gasteiger partial charge in [-0.25, -0.2) is 0 Å². The Bertz CT molecular complexity index is 691. The Morgan fingerprint density at radius 2 is 1.06 bits per heavy atom. The predicted octanol–water partition coefficient (Wildman–Crippen LogP) is 5.12. The van der Waals surface area contributed by atoms with Gasteiger partial charge in [0.2, 0.25) is 0 Å². The van der Waals surface area contributed by atoms with Crippen molar-refractivity contribution in [2.24, 2.45) is 0 Å². The quantitative estimate of drug-likeness (QED) is 0.546. The summed E-state index contributed by atoms with van der Waals surface area (Å²) in [4.78, 5) is 0. The van der Waals surface area contributed by atoms with Crippen LogP contribution >= 0.6 is 0 Å². The van der Waals surface area contributed by atoms with Crippen molar-refractivity contribution in [2.75, 3.05) is 0 Å². The number of fused-ring (bicyclic) bond motifs is 1. The van der Waals surface area contributed by atoms with Crippen LogP contribution in [-0.4, -0.2) is 0 Å². The molecule has 0 atom stereocenters. The number of rotatable bonds is 1. The maximum Gasteiger partial charge on any atom is -0.0178 e. The van der Waals surface area contributed by atoms with Crippen molar-refractivity contribution >= 4 is 10.8 Å². The van der Waals surface area contributed by atoms with Gasteiger partial charge in [0.1, 0.15) is 0 Å². The smallest absolute Gasteiger partial charge is 0.0178 e. The molecule has 0 heteroatoms. The molecule has 0 N–H and O–H groups in total. The van der Waals surface area contributed by atoms with Gasteiger partial charge < -0.3 is 0 Å². The van der Waals surface area contributed by atoms with Crippen molar-refractivity contribution in [3.8, 4) is 11.1 Å². The van der Waals surface area contributed by atoms with E-state index in [-0.39, 0.29) is 0 Å². The topological polar surface area (TPSA) is 0 Å². The van der Waals surface area contributed by atoms with Crippen molar-refractivity contribution < 1.29 is 0 Å². The lowest BCUT2D eigenvalue weighted by molar-refractivity contribution is 1.47. The fraction of sp³-hybridized carbons (Fsp3) is 0.111. The molecule has 3 rings (SSSR count). The highest BCUT2D eigenvalue weighted by Crippen LogP contribution is 2.25. The fourth-order valence-electron chi connectivity index (χ4n) is 2.29. The third-order valence-electron chi connectivity index (χ3n) is 3.38. The summed E-state index contributed by atoms with van der Waals surface area (Å²) in [6, 6.07) is 22.0. The van der Waals surface area contributed by atoms with E-state index in [0.29, 0.717) is 0 Å². The van der Waals surface area contributed by atoms with Crippen LogP contribution in [0.2, 0.25) is 0 Å². The maximum absolute atomic E-state index is 2.26. The molecule has 0 heterocycles. The molecule has 18 heavy (non-hydrogen) atoms. The zero-order valence-electron chi connectivity index (χ0n) is 10.8. The van der Waals surface area contributed by atoms with Crippen LogP contribution in [0, 0.1) is 13.8 Å². The normalized spacial score (nSPS) is 10.8. The van der Waals surface area contributed by atoms with Gasteiger partial charge in [-0.05, 0) is 41.8 Å². The highest BCUT2D eigenvalue weighted by atomic mass is 14.0. The second kappa shape index (κ2) is 4.30. The van der Waals surface area contributed by atoms with Gasteiger partial charge in [-0.1, -0.05) is 65.7 Å². The van der Waals surface area contributed by atoms with Gasteiger partial charge in [-0.3, -0.25) is 0 Å². The molecule has 0 aliphatic heterocycles. The minimum Gasteiger partial charge on any atom is -0.0587 e. The Kier molecular flexibility index (Phi) is 2.64. The summed E-state index contributed by atoms with van der Waals surface area (Å²) in [6.45, 7) is 4.25. The number of aryl methyl sites for hydroxylation is 2. The minimum absolute atomic E-state index is 1.28. The lowest BCUT2D eigenvalue weighted by Crippen LogP contribution is -1.80. The monoisotopic (exact) mass is 232 g/mol. The molecule has 0 unspecified atom stereocenters. The molecule has 0 spiro atoms. The Morgan fingerprint density at radius 1 is 0.500 bits per heavy atom. The van der Waals surface area contributed by atoms with Crippen molar-refractivity contribution in [3.05, 3.63) is 71.8 Å². The predicted molar refractivity (Wildman–Crippen MR) is 78.9 cm³/mol. The van der Waals surface area contributed by atoms with E-state index in [1.165, 1.54) is 33.0 Å². The summed E-state index contributed by atoms with van der Waals surface area (Å²) in [5.74, 6) is 0. The molecular weight excluding hydrogens is 216 g/mol. The van der Waals surface area contributed by atoms with E-state index in [0.717, 1.165) is 0 Å². The van der Waals surface area contributed by atoms with E-state index >= 15 is 0 Å². The zero-order chi connectivity index (χ0) is 12.5. The van der Waals surface area contributed by atoms with E-state index in [1.807, 2.05) is 0 Å². The lowest BCUT2D eigenvalue weighted by atomic mass is 9.99. The highest BCUT2D eigenvalue weighted by molar-refractivity contribution is 5.87. The number of hydrogen-bond acceptors (Lipinski definition) is 0. The molecule has 0 amide bonds. The average molecular weight is 232 g/mol. The first-order valence-corrected chi connectivity index (χ1v) is 6.30. The Balaban J connectivity index is 2.13. The molecule has 0 nitrogen and oxygen atoms in total. The Morgan fingerprint density at radius 3 is 1.83 bits per heavy atom. The van der Waals surface area contributed by atoms with Gasteiger partial charge in [0.25, 0.3) is 0 Å². The minimum atomic E-state index is 1.28. The van der Waals surface area contributed by atoms with E-state index in [9.17, 15) is 0 Å². The lowest BCUT2D eigenvalue weighted by Gasteiger charge is -2.05. The molecule has 0 aliphatic carbocycles. The summed E-state index contributed by atoms with van der Waals surface area (Å²) in [6.07, 6.45) is 0. The summed E-state index contributed by atoms with van der Waals surface area (Å²) in [5, 5.41) is 2.62. The van der Waals surface area contributed by atoms with Crippen molar-refractivity contribution in [2.45, 2.75) is 13.8 Å². The van der Waals surface area contributed by atoms with Gasteiger partial charge in [0.05, 0.1) is 0 Å². The van der Waals surface area contributed by atoms with Gasteiger partial charge in [0, 0.05) is 0 Å². The van der Waals surface area contributed by atoms with Crippen molar-refractivity contribution in [1.29, 1.82) is 0 Å². The Labute approximate surface area is 108 Å². The average Bonchev–Trinajstić information content (AvgIpc) is 2.39. The van der Waals surface area contributed by atoms with Crippen molar-refractivity contribution in [3.63, 3.8) is 0 Å². The molecule has 3 aromatic carbocycles. The van der Waals surface area contributed by atoms with Gasteiger partial charge in [0.15, 0.2) is 0 Å². The van der Waals surface area contributed by atoms with E-state index < -0.39 is 0 Å². The second-order valence-corrected chi connectivity index (χ2v) is 4.93. The molecule has 0 saturated heterocycles. The van der Waals surface area contributed by atoms with Crippen LogP contribution in [0.1, 0.15) is 11.1 Å². The SMILES string of the molecule is Cc1ccc(-c2ccc3cc(C)ccc3c2)cc1. The van der Waals surface area contributed by atoms with E-state index in [4.69, 9.17) is 0 Å². The van der Waals surface area contributed by atoms with Crippen molar-refractivity contribution in [1.82, 2.24) is 0 Å². The standard InChI is InChI=1S/C18H16/c1-13-3-6-15(7-4-13)17-10-9-16-11-14(2)5-8-18(16)12-17/h3-12H,1-2H3. The molecular formula is C18H16. The fourth-order valence-corrected chi connectivity index (χ4v) is 2.29. The summed E-state index contributed by atoms with van der Waals surface area (Å²) in [5.41, 5.74) is 5.18. The third-order valence-corrected chi connectivity index (χ3v) is 3.38. The number of benzene rings is 3. The summed E-state index contributed by atoms with van der Waals surface area (Å²) in [7, 11) is 0. The maximum atomic E-state index is 2.26. The van der Waals surface area contributed by atoms with Crippen LogP contribution in [0.25, 0.3) is 21.9 Å². The Hall–Kier alpha value is -2.08. The zero-order valence-corrected chi connectivity index (χ0v) is 10.8. The molecule has 0 radical (unpaired) electrons. The molecule has 0 saturated carbocycles. The first-order valence-electron chi connectivity index (χ1n) is 6.30. The van der Waals surface area contributed by atoms with Crippen LogP contribution in [0.3, 0.4) is 0 Å². The second-order valence-electron chi connectivity index (χ2n) is 4.93. The molecule has 88 valence electrons. The van der Waals surface area contributed by atoms with Gasteiger partial charge in [-0.2, -0.15) is 0 Å². The summed E-state index contributed by atoms with van der Waals surface area (Å²) < 4.78 is 0. The first-order chi connectivity index (χ1) is 8.72. The first kappa shape index (κ1) is 11.0. The highest BCUT2D eigenvalue weighted by Gasteiger charge is 1.99. The van der Waals surface area contributed by atoms with Crippen LogP contribution in [-0.2, 0) is 0 Å². The molecule has 0 aromatic heterocycles. The van der Waals surface area contributed by atoms with E-state index in [1.54, 1.807) is 0 Å². The molecule has 0 bridgehead atoms. The van der Waals surface area contributed by atoms with Gasteiger partial charge in [-0.15, -0.1) is 0 Å². The molecule has 0 fully saturated rings. The number of hydrogen-bond donors (Lipinski definition) is 0. The summed E-state index contributed by atoms with van der Waals surface area (Å²) >= 11 is 0. The van der Waals surface area contributed by atoms with Crippen LogP contribution in [0.4, 0.5) is 0 Å². The molecule has 3 aromatic rings. The largest absolute Gasteiger partial charge is 0.0587 e. The van der Waals surface area contributed by atoms with Crippen LogP contribution in [0.5, 0.6) is 0 Å².